The fourth-order valence-corrected chi connectivity index (χ4v) is 2.30. The smallest absolute Gasteiger partial charge is 0.223 e. The summed E-state index contributed by atoms with van der Waals surface area (Å²) in [5.41, 5.74) is 6.90. The molecule has 0 unspecified atom stereocenters. The zero-order valence-corrected chi connectivity index (χ0v) is 11.4. The van der Waals surface area contributed by atoms with E-state index in [4.69, 9.17) is 5.73 Å². The molecule has 0 radical (unpaired) electrons. The van der Waals surface area contributed by atoms with Crippen LogP contribution in [0.3, 0.4) is 0 Å². The number of nitrogens with zero attached hydrogens (tertiary/aromatic N) is 3. The number of hydrogen-bond acceptors (Lipinski definition) is 4. The molecule has 0 spiro atoms. The number of anilines is 1. The van der Waals surface area contributed by atoms with Crippen LogP contribution in [0.5, 0.6) is 0 Å². The highest BCUT2D eigenvalue weighted by molar-refractivity contribution is 9.10. The SMILES string of the molecule is Nc1nc(Cc2ccccc2Br)nc(C2CC2)n1. The van der Waals surface area contributed by atoms with Crippen molar-refractivity contribution in [3.05, 3.63) is 46.0 Å². The first-order valence-corrected chi connectivity index (χ1v) is 6.75. The van der Waals surface area contributed by atoms with Gasteiger partial charge in [0.05, 0.1) is 0 Å². The van der Waals surface area contributed by atoms with Crippen LogP contribution in [0.2, 0.25) is 0 Å². The van der Waals surface area contributed by atoms with Gasteiger partial charge in [-0.25, -0.2) is 4.98 Å². The van der Waals surface area contributed by atoms with Gasteiger partial charge in [0.1, 0.15) is 11.6 Å². The Morgan fingerprint density at radius 1 is 1.17 bits per heavy atom. The molecule has 1 aromatic heterocycles. The number of nitrogens with two attached hydrogens (primary N) is 1. The highest BCUT2D eigenvalue weighted by atomic mass is 79.9. The molecule has 18 heavy (non-hydrogen) atoms. The summed E-state index contributed by atoms with van der Waals surface area (Å²) >= 11 is 3.53. The van der Waals surface area contributed by atoms with E-state index in [1.165, 1.54) is 0 Å². The molecule has 1 aliphatic rings. The van der Waals surface area contributed by atoms with E-state index in [1.807, 2.05) is 18.2 Å². The van der Waals surface area contributed by atoms with E-state index in [-0.39, 0.29) is 0 Å². The molecular formula is C13H13BrN4. The van der Waals surface area contributed by atoms with Crippen LogP contribution in [0, 0.1) is 0 Å². The average Bonchev–Trinajstić information content (AvgIpc) is 3.15. The van der Waals surface area contributed by atoms with Crippen LogP contribution in [0.4, 0.5) is 5.95 Å². The third-order valence-corrected chi connectivity index (χ3v) is 3.74. The van der Waals surface area contributed by atoms with Gasteiger partial charge >= 0.3 is 0 Å². The Hall–Kier alpha value is -1.49. The molecule has 0 bridgehead atoms. The third kappa shape index (κ3) is 2.51. The lowest BCUT2D eigenvalue weighted by atomic mass is 10.1. The number of nitrogen functional groups attached to an aromatic ring is 1. The first kappa shape index (κ1) is 11.6. The molecule has 92 valence electrons. The van der Waals surface area contributed by atoms with Crippen LogP contribution in [0.1, 0.15) is 36.0 Å². The van der Waals surface area contributed by atoms with E-state index in [0.717, 1.165) is 34.5 Å². The highest BCUT2D eigenvalue weighted by Gasteiger charge is 2.27. The molecule has 1 aromatic carbocycles. The summed E-state index contributed by atoms with van der Waals surface area (Å²) in [5.74, 6) is 2.42. The molecule has 1 saturated carbocycles. The van der Waals surface area contributed by atoms with Gasteiger partial charge < -0.3 is 5.73 Å². The van der Waals surface area contributed by atoms with Crippen molar-refractivity contribution in [3.8, 4) is 0 Å². The van der Waals surface area contributed by atoms with Crippen molar-refractivity contribution in [2.45, 2.75) is 25.2 Å². The van der Waals surface area contributed by atoms with Crippen LogP contribution in [0.15, 0.2) is 28.7 Å². The second kappa shape index (κ2) is 4.65. The van der Waals surface area contributed by atoms with E-state index in [1.54, 1.807) is 0 Å². The minimum absolute atomic E-state index is 0.328. The van der Waals surface area contributed by atoms with Gasteiger partial charge in [0, 0.05) is 16.8 Å². The minimum Gasteiger partial charge on any atom is -0.368 e. The van der Waals surface area contributed by atoms with Crippen LogP contribution >= 0.6 is 15.9 Å². The predicted molar refractivity (Wildman–Crippen MR) is 73.2 cm³/mol. The van der Waals surface area contributed by atoms with E-state index in [0.29, 0.717) is 18.3 Å². The number of benzene rings is 1. The summed E-state index contributed by atoms with van der Waals surface area (Å²) in [7, 11) is 0. The Labute approximate surface area is 114 Å². The molecule has 5 heteroatoms. The van der Waals surface area contributed by atoms with Crippen LogP contribution < -0.4 is 5.73 Å². The van der Waals surface area contributed by atoms with E-state index >= 15 is 0 Å². The minimum atomic E-state index is 0.328. The van der Waals surface area contributed by atoms with Gasteiger partial charge in [-0.1, -0.05) is 34.1 Å². The zero-order valence-electron chi connectivity index (χ0n) is 9.81. The zero-order chi connectivity index (χ0) is 12.5. The van der Waals surface area contributed by atoms with E-state index < -0.39 is 0 Å². The molecule has 4 nitrogen and oxygen atoms in total. The van der Waals surface area contributed by atoms with Gasteiger partial charge in [-0.3, -0.25) is 0 Å². The van der Waals surface area contributed by atoms with Crippen molar-refractivity contribution in [2.75, 3.05) is 5.73 Å². The standard InChI is InChI=1S/C13H13BrN4/c14-10-4-2-1-3-9(10)7-11-16-12(8-5-6-8)18-13(15)17-11/h1-4,8H,5-7H2,(H2,15,16,17,18). The molecule has 2 aromatic rings. The van der Waals surface area contributed by atoms with Gasteiger partial charge in [-0.05, 0) is 24.5 Å². The van der Waals surface area contributed by atoms with E-state index in [2.05, 4.69) is 36.9 Å². The normalized spacial score (nSPS) is 14.7. The van der Waals surface area contributed by atoms with Crippen molar-refractivity contribution >= 4 is 21.9 Å². The summed E-state index contributed by atoms with van der Waals surface area (Å²) in [5, 5.41) is 0. The average molecular weight is 305 g/mol. The molecule has 2 N–H and O–H groups in total. The molecule has 0 amide bonds. The molecule has 0 atom stereocenters. The number of rotatable bonds is 3. The van der Waals surface area contributed by atoms with Gasteiger partial charge in [0.25, 0.3) is 0 Å². The maximum Gasteiger partial charge on any atom is 0.223 e. The largest absolute Gasteiger partial charge is 0.368 e. The Morgan fingerprint density at radius 3 is 2.67 bits per heavy atom. The lowest BCUT2D eigenvalue weighted by Gasteiger charge is -2.05. The van der Waals surface area contributed by atoms with Crippen molar-refractivity contribution in [2.24, 2.45) is 0 Å². The fraction of sp³-hybridized carbons (Fsp3) is 0.308. The summed E-state index contributed by atoms with van der Waals surface area (Å²) in [6, 6.07) is 8.07. The molecule has 3 rings (SSSR count). The predicted octanol–water partition coefficient (Wildman–Crippen LogP) is 2.68. The quantitative estimate of drug-likeness (QED) is 0.947. The summed E-state index contributed by atoms with van der Waals surface area (Å²) in [6.07, 6.45) is 3.00. The maximum absolute atomic E-state index is 5.74. The number of hydrogen-bond donors (Lipinski definition) is 1. The third-order valence-electron chi connectivity index (χ3n) is 2.97. The molecule has 1 heterocycles. The molecule has 1 aliphatic carbocycles. The van der Waals surface area contributed by atoms with Gasteiger partial charge in [0.2, 0.25) is 5.95 Å². The van der Waals surface area contributed by atoms with Gasteiger partial charge in [-0.15, -0.1) is 0 Å². The van der Waals surface area contributed by atoms with Gasteiger partial charge in [-0.2, -0.15) is 9.97 Å². The van der Waals surface area contributed by atoms with Crippen molar-refractivity contribution < 1.29 is 0 Å². The van der Waals surface area contributed by atoms with Crippen LogP contribution in [-0.2, 0) is 6.42 Å². The lowest BCUT2D eigenvalue weighted by molar-refractivity contribution is 0.837. The van der Waals surface area contributed by atoms with Crippen molar-refractivity contribution in [3.63, 3.8) is 0 Å². The van der Waals surface area contributed by atoms with Crippen LogP contribution in [0.25, 0.3) is 0 Å². The first-order valence-electron chi connectivity index (χ1n) is 5.96. The maximum atomic E-state index is 5.74. The van der Waals surface area contributed by atoms with Crippen LogP contribution in [-0.4, -0.2) is 15.0 Å². The summed E-state index contributed by atoms with van der Waals surface area (Å²) < 4.78 is 1.07. The molecule has 0 aliphatic heterocycles. The number of aromatic nitrogens is 3. The van der Waals surface area contributed by atoms with Crippen molar-refractivity contribution in [1.29, 1.82) is 0 Å². The van der Waals surface area contributed by atoms with E-state index in [9.17, 15) is 0 Å². The topological polar surface area (TPSA) is 64.7 Å². The number of halogens is 1. The van der Waals surface area contributed by atoms with Crippen molar-refractivity contribution in [1.82, 2.24) is 15.0 Å². The highest BCUT2D eigenvalue weighted by Crippen LogP contribution is 2.38. The molecule has 0 saturated heterocycles. The fourth-order valence-electron chi connectivity index (χ4n) is 1.87. The summed E-state index contributed by atoms with van der Waals surface area (Å²) in [4.78, 5) is 12.9. The Kier molecular flexibility index (Phi) is 2.99. The van der Waals surface area contributed by atoms with Gasteiger partial charge in [0.15, 0.2) is 0 Å². The Bertz CT molecular complexity index is 581. The lowest BCUT2D eigenvalue weighted by Crippen LogP contribution is -2.07. The first-order chi connectivity index (χ1) is 8.72. The second-order valence-electron chi connectivity index (χ2n) is 4.51. The molecular weight excluding hydrogens is 292 g/mol. The summed E-state index contributed by atoms with van der Waals surface area (Å²) in [6.45, 7) is 0. The monoisotopic (exact) mass is 304 g/mol. The Balaban J connectivity index is 1.90. The molecule has 1 fully saturated rings. The Morgan fingerprint density at radius 2 is 1.94 bits per heavy atom. The second-order valence-corrected chi connectivity index (χ2v) is 5.36.